The maximum Gasteiger partial charge on any atom is 0.275 e. The molecule has 0 bridgehead atoms. The van der Waals surface area contributed by atoms with Crippen LogP contribution >= 0.6 is 22.9 Å². The van der Waals surface area contributed by atoms with Crippen LogP contribution in [0.2, 0.25) is 0 Å². The molecule has 1 aliphatic heterocycles. The molecule has 3 aromatic rings. The maximum absolute atomic E-state index is 12.4. The molecule has 0 atom stereocenters. The molecular formula is C21H25N5OS2. The predicted molar refractivity (Wildman–Crippen MR) is 119 cm³/mol. The Balaban J connectivity index is 1.39. The van der Waals surface area contributed by atoms with E-state index in [1.54, 1.807) is 16.7 Å². The van der Waals surface area contributed by atoms with Crippen LogP contribution < -0.4 is 4.90 Å². The average molecular weight is 428 g/mol. The number of anilines is 1. The molecule has 1 aromatic carbocycles. The minimum Gasteiger partial charge on any atom is -0.372 e. The Kier molecular flexibility index (Phi) is 6.20. The van der Waals surface area contributed by atoms with E-state index >= 15 is 0 Å². The van der Waals surface area contributed by atoms with Gasteiger partial charge in [0.2, 0.25) is 0 Å². The second-order valence-electron chi connectivity index (χ2n) is 7.15. The van der Waals surface area contributed by atoms with Crippen molar-refractivity contribution in [1.29, 1.82) is 0 Å². The lowest BCUT2D eigenvalue weighted by Gasteiger charge is -2.30. The zero-order chi connectivity index (χ0) is 20.2. The van der Waals surface area contributed by atoms with Gasteiger partial charge < -0.3 is 9.80 Å². The Morgan fingerprint density at radius 2 is 1.86 bits per heavy atom. The largest absolute Gasteiger partial charge is 0.372 e. The van der Waals surface area contributed by atoms with Gasteiger partial charge in [0.1, 0.15) is 0 Å². The Morgan fingerprint density at radius 3 is 2.48 bits per heavy atom. The van der Waals surface area contributed by atoms with E-state index in [-0.39, 0.29) is 5.91 Å². The van der Waals surface area contributed by atoms with Gasteiger partial charge in [-0.25, -0.2) is 4.98 Å². The zero-order valence-corrected chi connectivity index (χ0v) is 18.4. The minimum absolute atomic E-state index is 0.00896. The van der Waals surface area contributed by atoms with Crippen molar-refractivity contribution in [3.63, 3.8) is 0 Å². The summed E-state index contributed by atoms with van der Waals surface area (Å²) < 4.78 is 3.79. The van der Waals surface area contributed by atoms with E-state index in [9.17, 15) is 4.79 Å². The summed E-state index contributed by atoms with van der Waals surface area (Å²) >= 11 is 2.95. The third-order valence-electron chi connectivity index (χ3n) is 5.52. The van der Waals surface area contributed by atoms with E-state index in [0.29, 0.717) is 11.6 Å². The molecule has 1 amide bonds. The van der Waals surface area contributed by atoms with Crippen molar-refractivity contribution >= 4 is 34.5 Å². The maximum atomic E-state index is 12.4. The lowest BCUT2D eigenvalue weighted by Crippen LogP contribution is -2.38. The summed E-state index contributed by atoms with van der Waals surface area (Å²) in [5.41, 5.74) is 3.91. The van der Waals surface area contributed by atoms with Gasteiger partial charge in [0, 0.05) is 54.1 Å². The van der Waals surface area contributed by atoms with Gasteiger partial charge in [-0.05, 0) is 50.4 Å². The summed E-state index contributed by atoms with van der Waals surface area (Å²) in [6.07, 6.45) is 1.88. The molecule has 0 saturated carbocycles. The van der Waals surface area contributed by atoms with Crippen LogP contribution in [-0.4, -0.2) is 51.6 Å². The number of hydrogen-bond donors (Lipinski definition) is 0. The monoisotopic (exact) mass is 427 g/mol. The summed E-state index contributed by atoms with van der Waals surface area (Å²) in [6.45, 7) is 7.87. The van der Waals surface area contributed by atoms with Crippen LogP contribution in [0.4, 0.5) is 5.69 Å². The topological polar surface area (TPSA) is 62.2 Å². The highest BCUT2D eigenvalue weighted by Crippen LogP contribution is 2.33. The molecule has 3 heterocycles. The Bertz CT molecular complexity index is 926. The smallest absolute Gasteiger partial charge is 0.275 e. The van der Waals surface area contributed by atoms with Gasteiger partial charge in [-0.3, -0.25) is 4.79 Å². The first-order chi connectivity index (χ1) is 14.2. The molecule has 0 aliphatic carbocycles. The van der Waals surface area contributed by atoms with Crippen LogP contribution in [0, 0.1) is 0 Å². The SMILES string of the molecule is CCN(CC)c1ccc(-c2csc(C3CCN(C(=O)c4csnn4)CC3)n2)cc1. The molecule has 0 unspecified atom stereocenters. The van der Waals surface area contributed by atoms with Gasteiger partial charge in [-0.2, -0.15) is 0 Å². The van der Waals surface area contributed by atoms with Crippen molar-refractivity contribution in [2.24, 2.45) is 0 Å². The highest BCUT2D eigenvalue weighted by Gasteiger charge is 2.27. The van der Waals surface area contributed by atoms with Crippen molar-refractivity contribution in [1.82, 2.24) is 19.5 Å². The Labute approximate surface area is 179 Å². The minimum atomic E-state index is -0.00896. The second-order valence-corrected chi connectivity index (χ2v) is 8.65. The van der Waals surface area contributed by atoms with Crippen LogP contribution in [0.3, 0.4) is 0 Å². The van der Waals surface area contributed by atoms with Crippen LogP contribution in [0.25, 0.3) is 11.3 Å². The van der Waals surface area contributed by atoms with E-state index in [1.165, 1.54) is 22.2 Å². The van der Waals surface area contributed by atoms with E-state index in [4.69, 9.17) is 4.98 Å². The van der Waals surface area contributed by atoms with E-state index < -0.39 is 0 Å². The second kappa shape index (κ2) is 9.00. The van der Waals surface area contributed by atoms with Crippen molar-refractivity contribution < 1.29 is 4.79 Å². The fourth-order valence-electron chi connectivity index (χ4n) is 3.79. The number of rotatable bonds is 6. The molecule has 1 fully saturated rings. The Hall–Kier alpha value is -2.32. The summed E-state index contributed by atoms with van der Waals surface area (Å²) in [4.78, 5) is 21.6. The van der Waals surface area contributed by atoms with Crippen molar-refractivity contribution in [3.05, 3.63) is 45.7 Å². The summed E-state index contributed by atoms with van der Waals surface area (Å²) in [5, 5.41) is 8.94. The molecule has 8 heteroatoms. The van der Waals surface area contributed by atoms with E-state index in [0.717, 1.165) is 50.3 Å². The number of piperidine rings is 1. The quantitative estimate of drug-likeness (QED) is 0.578. The lowest BCUT2D eigenvalue weighted by molar-refractivity contribution is 0.0707. The predicted octanol–water partition coefficient (Wildman–Crippen LogP) is 4.53. The first kappa shape index (κ1) is 20.0. The highest BCUT2D eigenvalue weighted by molar-refractivity contribution is 7.10. The molecule has 6 nitrogen and oxygen atoms in total. The molecular weight excluding hydrogens is 402 g/mol. The van der Waals surface area contributed by atoms with Crippen LogP contribution in [0.1, 0.15) is 48.1 Å². The fraction of sp³-hybridized carbons (Fsp3) is 0.429. The number of aromatic nitrogens is 3. The number of thiazole rings is 1. The standard InChI is InChI=1S/C21H25N5OS2/c1-3-25(4-2)17-7-5-15(6-8-17)18-13-28-20(22-18)16-9-11-26(12-10-16)21(27)19-14-29-24-23-19/h5-8,13-14,16H,3-4,9-12H2,1-2H3. The normalized spacial score (nSPS) is 14.9. The number of carbonyl (C=O) groups excluding carboxylic acids is 1. The van der Waals surface area contributed by atoms with Crippen molar-refractivity contribution in [2.45, 2.75) is 32.6 Å². The molecule has 29 heavy (non-hydrogen) atoms. The lowest BCUT2D eigenvalue weighted by atomic mass is 9.97. The third-order valence-corrected chi connectivity index (χ3v) is 7.04. The van der Waals surface area contributed by atoms with Gasteiger partial charge in [0.15, 0.2) is 5.69 Å². The number of carbonyl (C=O) groups is 1. The molecule has 1 saturated heterocycles. The van der Waals surface area contributed by atoms with Gasteiger partial charge in [-0.15, -0.1) is 16.4 Å². The van der Waals surface area contributed by atoms with Gasteiger partial charge in [0.25, 0.3) is 5.91 Å². The number of nitrogens with zero attached hydrogens (tertiary/aromatic N) is 5. The van der Waals surface area contributed by atoms with Crippen molar-refractivity contribution in [2.75, 3.05) is 31.1 Å². The third kappa shape index (κ3) is 4.33. The van der Waals surface area contributed by atoms with Gasteiger partial charge >= 0.3 is 0 Å². The van der Waals surface area contributed by atoms with Crippen molar-refractivity contribution in [3.8, 4) is 11.3 Å². The first-order valence-electron chi connectivity index (χ1n) is 10.1. The number of benzene rings is 1. The fourth-order valence-corrected chi connectivity index (χ4v) is 5.22. The van der Waals surface area contributed by atoms with Crippen LogP contribution in [-0.2, 0) is 0 Å². The molecule has 0 radical (unpaired) electrons. The van der Waals surface area contributed by atoms with Gasteiger partial charge in [-0.1, -0.05) is 16.6 Å². The van der Waals surface area contributed by atoms with Crippen LogP contribution in [0.5, 0.6) is 0 Å². The molecule has 152 valence electrons. The number of hydrogen-bond acceptors (Lipinski definition) is 7. The molecule has 0 spiro atoms. The number of likely N-dealkylation sites (tertiary alicyclic amines) is 1. The zero-order valence-electron chi connectivity index (χ0n) is 16.7. The first-order valence-corrected chi connectivity index (χ1v) is 11.8. The highest BCUT2D eigenvalue weighted by atomic mass is 32.1. The van der Waals surface area contributed by atoms with E-state index in [2.05, 4.69) is 58.0 Å². The van der Waals surface area contributed by atoms with Gasteiger partial charge in [0.05, 0.1) is 10.7 Å². The molecule has 2 aromatic heterocycles. The van der Waals surface area contributed by atoms with E-state index in [1.807, 2.05) is 4.90 Å². The average Bonchev–Trinajstić information content (AvgIpc) is 3.47. The molecule has 1 aliphatic rings. The summed E-state index contributed by atoms with van der Waals surface area (Å²) in [5.74, 6) is 0.409. The summed E-state index contributed by atoms with van der Waals surface area (Å²) in [6, 6.07) is 8.68. The summed E-state index contributed by atoms with van der Waals surface area (Å²) in [7, 11) is 0. The Morgan fingerprint density at radius 1 is 1.14 bits per heavy atom. The molecule has 0 N–H and O–H groups in total. The number of amides is 1. The molecule has 4 rings (SSSR count). The van der Waals surface area contributed by atoms with Crippen LogP contribution in [0.15, 0.2) is 35.0 Å².